The molecule has 0 saturated heterocycles. The number of para-hydroxylation sites is 1. The van der Waals surface area contributed by atoms with Crippen molar-refractivity contribution in [1.82, 2.24) is 4.98 Å². The summed E-state index contributed by atoms with van der Waals surface area (Å²) in [4.78, 5) is 15.5. The van der Waals surface area contributed by atoms with Gasteiger partial charge in [-0.05, 0) is 36.6 Å². The smallest absolute Gasteiger partial charge is 0.335 e. The number of aromatic nitrogens is 1. The standard InChI is InChI=1S/C16H17FN2O2/c1-9(2)13-7-11(16(20)21)8-14(18-13)19-15-10(3)5-4-6-12(15)17/h4-9H,1-3H3,(H,18,19)(H,20,21). The fourth-order valence-corrected chi connectivity index (χ4v) is 1.95. The van der Waals surface area contributed by atoms with Gasteiger partial charge in [-0.25, -0.2) is 14.2 Å². The van der Waals surface area contributed by atoms with Crippen molar-refractivity contribution in [2.45, 2.75) is 26.7 Å². The third-order valence-electron chi connectivity index (χ3n) is 3.16. The molecule has 0 saturated carbocycles. The summed E-state index contributed by atoms with van der Waals surface area (Å²) in [5.41, 5.74) is 1.81. The zero-order valence-corrected chi connectivity index (χ0v) is 12.1. The Morgan fingerprint density at radius 3 is 2.62 bits per heavy atom. The van der Waals surface area contributed by atoms with Crippen molar-refractivity contribution in [3.05, 3.63) is 53.0 Å². The monoisotopic (exact) mass is 288 g/mol. The predicted molar refractivity (Wildman–Crippen MR) is 79.7 cm³/mol. The maximum atomic E-state index is 13.8. The first-order chi connectivity index (χ1) is 9.88. The largest absolute Gasteiger partial charge is 0.478 e. The summed E-state index contributed by atoms with van der Waals surface area (Å²) in [6, 6.07) is 7.68. The molecule has 0 fully saturated rings. The first-order valence-corrected chi connectivity index (χ1v) is 6.66. The van der Waals surface area contributed by atoms with Crippen LogP contribution in [-0.2, 0) is 0 Å². The number of halogens is 1. The molecule has 0 aliphatic carbocycles. The van der Waals surface area contributed by atoms with Crippen LogP contribution >= 0.6 is 0 Å². The van der Waals surface area contributed by atoms with Gasteiger partial charge in [-0.15, -0.1) is 0 Å². The maximum Gasteiger partial charge on any atom is 0.335 e. The van der Waals surface area contributed by atoms with Crippen LogP contribution in [-0.4, -0.2) is 16.1 Å². The number of anilines is 2. The van der Waals surface area contributed by atoms with E-state index >= 15 is 0 Å². The molecule has 2 rings (SSSR count). The fourth-order valence-electron chi connectivity index (χ4n) is 1.95. The molecule has 1 heterocycles. The van der Waals surface area contributed by atoms with Gasteiger partial charge >= 0.3 is 5.97 Å². The van der Waals surface area contributed by atoms with Gasteiger partial charge in [0.2, 0.25) is 0 Å². The molecule has 0 radical (unpaired) electrons. The lowest BCUT2D eigenvalue weighted by Gasteiger charge is -2.13. The predicted octanol–water partition coefficient (Wildman–Crippen LogP) is 4.09. The Morgan fingerprint density at radius 1 is 1.33 bits per heavy atom. The van der Waals surface area contributed by atoms with Gasteiger partial charge in [0.15, 0.2) is 0 Å². The highest BCUT2D eigenvalue weighted by molar-refractivity contribution is 5.89. The first kappa shape index (κ1) is 15.0. The number of nitrogens with zero attached hydrogens (tertiary/aromatic N) is 1. The SMILES string of the molecule is Cc1cccc(F)c1Nc1cc(C(=O)O)cc(C(C)C)n1. The van der Waals surface area contributed by atoms with Crippen molar-refractivity contribution in [2.75, 3.05) is 5.32 Å². The van der Waals surface area contributed by atoms with E-state index in [0.717, 1.165) is 5.56 Å². The lowest BCUT2D eigenvalue weighted by atomic mass is 10.1. The first-order valence-electron chi connectivity index (χ1n) is 6.66. The molecule has 2 aromatic rings. The van der Waals surface area contributed by atoms with E-state index in [0.29, 0.717) is 17.2 Å². The van der Waals surface area contributed by atoms with Crippen LogP contribution in [0, 0.1) is 12.7 Å². The van der Waals surface area contributed by atoms with Crippen molar-refractivity contribution in [3.8, 4) is 0 Å². The van der Waals surface area contributed by atoms with Crippen molar-refractivity contribution in [3.63, 3.8) is 0 Å². The molecule has 0 aliphatic heterocycles. The summed E-state index contributed by atoms with van der Waals surface area (Å²) in [5.74, 6) is -1.03. The molecule has 0 amide bonds. The summed E-state index contributed by atoms with van der Waals surface area (Å²) in [6.07, 6.45) is 0. The number of pyridine rings is 1. The Labute approximate surface area is 122 Å². The van der Waals surface area contributed by atoms with Crippen LogP contribution in [0.2, 0.25) is 0 Å². The van der Waals surface area contributed by atoms with Crippen LogP contribution in [0.3, 0.4) is 0 Å². The Bertz CT molecular complexity index is 664. The minimum absolute atomic E-state index is 0.0755. The van der Waals surface area contributed by atoms with Gasteiger partial charge in [0.25, 0.3) is 0 Å². The average molecular weight is 288 g/mol. The van der Waals surface area contributed by atoms with E-state index in [1.165, 1.54) is 18.2 Å². The maximum absolute atomic E-state index is 13.8. The van der Waals surface area contributed by atoms with Crippen LogP contribution in [0.25, 0.3) is 0 Å². The second kappa shape index (κ2) is 5.91. The minimum Gasteiger partial charge on any atom is -0.478 e. The molecule has 0 atom stereocenters. The third kappa shape index (κ3) is 3.37. The van der Waals surface area contributed by atoms with Crippen LogP contribution < -0.4 is 5.32 Å². The zero-order chi connectivity index (χ0) is 15.6. The molecule has 5 heteroatoms. The van der Waals surface area contributed by atoms with Crippen LogP contribution in [0.5, 0.6) is 0 Å². The number of nitrogens with one attached hydrogen (secondary N) is 1. The molecule has 1 aromatic heterocycles. The number of hydrogen-bond acceptors (Lipinski definition) is 3. The fraction of sp³-hybridized carbons (Fsp3) is 0.250. The van der Waals surface area contributed by atoms with Gasteiger partial charge in [0, 0.05) is 5.69 Å². The zero-order valence-electron chi connectivity index (χ0n) is 12.1. The van der Waals surface area contributed by atoms with Gasteiger partial charge in [-0.2, -0.15) is 0 Å². The van der Waals surface area contributed by atoms with E-state index in [4.69, 9.17) is 5.11 Å². The van der Waals surface area contributed by atoms with Crippen LogP contribution in [0.15, 0.2) is 30.3 Å². The molecular weight excluding hydrogens is 271 g/mol. The lowest BCUT2D eigenvalue weighted by Crippen LogP contribution is -2.06. The van der Waals surface area contributed by atoms with Gasteiger partial charge < -0.3 is 10.4 Å². The molecule has 2 N–H and O–H groups in total. The molecule has 21 heavy (non-hydrogen) atoms. The van der Waals surface area contributed by atoms with Crippen molar-refractivity contribution < 1.29 is 14.3 Å². The van der Waals surface area contributed by atoms with Gasteiger partial charge in [0.1, 0.15) is 11.6 Å². The van der Waals surface area contributed by atoms with Crippen LogP contribution in [0.1, 0.15) is 41.4 Å². The summed E-state index contributed by atoms with van der Waals surface area (Å²) in [6.45, 7) is 5.62. The van der Waals surface area contributed by atoms with E-state index < -0.39 is 11.8 Å². The van der Waals surface area contributed by atoms with Crippen molar-refractivity contribution in [2.24, 2.45) is 0 Å². The molecule has 0 aliphatic rings. The Morgan fingerprint density at radius 2 is 2.05 bits per heavy atom. The average Bonchev–Trinajstić information content (AvgIpc) is 2.42. The molecule has 0 spiro atoms. The number of carboxylic acid groups (broad SMARTS) is 1. The second-order valence-corrected chi connectivity index (χ2v) is 5.18. The van der Waals surface area contributed by atoms with Crippen molar-refractivity contribution in [1.29, 1.82) is 0 Å². The third-order valence-corrected chi connectivity index (χ3v) is 3.16. The molecule has 0 unspecified atom stereocenters. The van der Waals surface area contributed by atoms with E-state index in [1.807, 2.05) is 13.8 Å². The van der Waals surface area contributed by atoms with E-state index in [9.17, 15) is 9.18 Å². The van der Waals surface area contributed by atoms with E-state index in [1.54, 1.807) is 19.1 Å². The van der Waals surface area contributed by atoms with Gasteiger partial charge in [-0.3, -0.25) is 0 Å². The number of aryl methyl sites for hydroxylation is 1. The number of aromatic carboxylic acids is 1. The molecule has 110 valence electrons. The lowest BCUT2D eigenvalue weighted by molar-refractivity contribution is 0.0696. The van der Waals surface area contributed by atoms with Gasteiger partial charge in [-0.1, -0.05) is 26.0 Å². The Hall–Kier alpha value is -2.43. The summed E-state index contributed by atoms with van der Waals surface area (Å²) < 4.78 is 13.8. The summed E-state index contributed by atoms with van der Waals surface area (Å²) in [7, 11) is 0. The Kier molecular flexibility index (Phi) is 4.21. The second-order valence-electron chi connectivity index (χ2n) is 5.18. The van der Waals surface area contributed by atoms with Crippen molar-refractivity contribution >= 4 is 17.5 Å². The summed E-state index contributed by atoms with van der Waals surface area (Å²) >= 11 is 0. The molecular formula is C16H17FN2O2. The highest BCUT2D eigenvalue weighted by Gasteiger charge is 2.13. The van der Waals surface area contributed by atoms with E-state index in [-0.39, 0.29) is 11.5 Å². The number of hydrogen-bond donors (Lipinski definition) is 2. The van der Waals surface area contributed by atoms with E-state index in [2.05, 4.69) is 10.3 Å². The minimum atomic E-state index is -1.03. The topological polar surface area (TPSA) is 62.2 Å². The molecule has 4 nitrogen and oxygen atoms in total. The number of carbonyl (C=O) groups is 1. The molecule has 1 aromatic carbocycles. The number of rotatable bonds is 4. The summed E-state index contributed by atoms with van der Waals surface area (Å²) in [5, 5.41) is 12.0. The van der Waals surface area contributed by atoms with Gasteiger partial charge in [0.05, 0.1) is 11.3 Å². The van der Waals surface area contributed by atoms with Crippen LogP contribution in [0.4, 0.5) is 15.9 Å². The highest BCUT2D eigenvalue weighted by atomic mass is 19.1. The molecule has 0 bridgehead atoms. The highest BCUT2D eigenvalue weighted by Crippen LogP contribution is 2.25. The Balaban J connectivity index is 2.46. The number of carboxylic acids is 1. The quantitative estimate of drug-likeness (QED) is 0.889. The number of benzene rings is 1. The normalized spacial score (nSPS) is 10.7.